The lowest BCUT2D eigenvalue weighted by Gasteiger charge is -2.35. The van der Waals surface area contributed by atoms with E-state index in [4.69, 9.17) is 5.26 Å². The Bertz CT molecular complexity index is 1570. The van der Waals surface area contributed by atoms with Gasteiger partial charge in [0.15, 0.2) is 6.04 Å². The predicted octanol–water partition coefficient (Wildman–Crippen LogP) is 7.53. The normalized spacial score (nSPS) is 16.8. The van der Waals surface area contributed by atoms with Crippen LogP contribution in [0.25, 0.3) is 11.1 Å². The molecule has 1 aliphatic rings. The minimum absolute atomic E-state index is 0.0531. The maximum Gasteiger partial charge on any atom is 0.410 e. The maximum atomic E-state index is 14.1. The highest BCUT2D eigenvalue weighted by Crippen LogP contribution is 2.44. The number of nitrogens with one attached hydrogen (secondary N) is 2. The Morgan fingerprint density at radius 2 is 1.73 bits per heavy atom. The van der Waals surface area contributed by atoms with Gasteiger partial charge in [-0.25, -0.2) is 4.68 Å². The molecule has 0 saturated carbocycles. The third-order valence-electron chi connectivity index (χ3n) is 8.01. The van der Waals surface area contributed by atoms with Crippen LogP contribution in [0.4, 0.5) is 19.0 Å². The van der Waals surface area contributed by atoms with Crippen LogP contribution in [0.5, 0.6) is 0 Å². The van der Waals surface area contributed by atoms with Crippen molar-refractivity contribution in [1.82, 2.24) is 15.1 Å². The molecule has 2 atom stereocenters. The van der Waals surface area contributed by atoms with Crippen LogP contribution < -0.4 is 10.6 Å². The van der Waals surface area contributed by atoms with Crippen molar-refractivity contribution in [2.45, 2.75) is 56.9 Å². The summed E-state index contributed by atoms with van der Waals surface area (Å²) in [5.74, 6) is -0.446. The van der Waals surface area contributed by atoms with E-state index in [1.54, 1.807) is 36.4 Å². The summed E-state index contributed by atoms with van der Waals surface area (Å²) in [5, 5.41) is 19.5. The van der Waals surface area contributed by atoms with Gasteiger partial charge in [0.05, 0.1) is 29.4 Å². The molecule has 2 N–H and O–H groups in total. The lowest BCUT2D eigenvalue weighted by atomic mass is 9.83. The van der Waals surface area contributed by atoms with Crippen molar-refractivity contribution in [3.8, 4) is 17.2 Å². The van der Waals surface area contributed by atoms with Crippen LogP contribution in [0.2, 0.25) is 0 Å². The number of alkyl halides is 3. The Labute approximate surface area is 236 Å². The number of aromatic nitrogens is 2. The molecule has 0 aliphatic carbocycles. The fraction of sp³-hybridized carbons (Fsp3) is 0.281. The molecule has 0 spiro atoms. The van der Waals surface area contributed by atoms with Gasteiger partial charge >= 0.3 is 6.18 Å². The molecule has 210 valence electrons. The second-order valence-corrected chi connectivity index (χ2v) is 10.3. The van der Waals surface area contributed by atoms with Gasteiger partial charge in [0.2, 0.25) is 0 Å². The minimum atomic E-state index is -4.54. The molecule has 0 radical (unpaired) electrons. The first kappa shape index (κ1) is 28.0. The minimum Gasteiger partial charge on any atom is -0.363 e. The van der Waals surface area contributed by atoms with E-state index in [-0.39, 0.29) is 17.8 Å². The van der Waals surface area contributed by atoms with Gasteiger partial charge in [-0.1, -0.05) is 74.5 Å². The first-order valence-corrected chi connectivity index (χ1v) is 13.6. The molecule has 0 bridgehead atoms. The van der Waals surface area contributed by atoms with Gasteiger partial charge in [-0.15, -0.1) is 0 Å². The van der Waals surface area contributed by atoms with Crippen molar-refractivity contribution in [3.63, 3.8) is 0 Å². The number of anilines is 1. The Balaban J connectivity index is 1.48. The topological polar surface area (TPSA) is 82.7 Å². The van der Waals surface area contributed by atoms with Gasteiger partial charge in [0.25, 0.3) is 5.91 Å². The van der Waals surface area contributed by atoms with E-state index in [2.05, 4.69) is 21.8 Å². The number of hydrogen-bond donors (Lipinski definition) is 2. The summed E-state index contributed by atoms with van der Waals surface area (Å²) in [6.07, 6.45) is -2.44. The second kappa shape index (κ2) is 11.1. The molecule has 0 saturated heterocycles. The Morgan fingerprint density at radius 1 is 1.02 bits per heavy atom. The Hall–Kier alpha value is -4.58. The number of amides is 1. The van der Waals surface area contributed by atoms with Crippen LogP contribution in [0, 0.1) is 11.3 Å². The van der Waals surface area contributed by atoms with Crippen LogP contribution in [0.15, 0.2) is 85.1 Å². The van der Waals surface area contributed by atoms with Crippen LogP contribution in [0.3, 0.4) is 0 Å². The molecule has 9 heteroatoms. The molecule has 2 heterocycles. The smallest absolute Gasteiger partial charge is 0.363 e. The molecule has 6 nitrogen and oxygen atoms in total. The number of carbonyl (C=O) groups excluding carboxylic acids is 1. The summed E-state index contributed by atoms with van der Waals surface area (Å²) in [5.41, 5.74) is 3.29. The standard InChI is InChI=1S/C32H30F3N5O/c1-3-31(4-2,25-12-8-11-24(17-25)22-15-13-21(19-36)14-16-22)39-30(41)26-20-37-40-28(32(33,34)35)18-27(38-29(26)40)23-9-6-5-7-10-23/h5-17,20,27-28,38H,3-4,18H2,1-2H3,(H,39,41). The highest BCUT2D eigenvalue weighted by molar-refractivity contribution is 5.99. The van der Waals surface area contributed by atoms with Crippen LogP contribution in [-0.4, -0.2) is 21.9 Å². The van der Waals surface area contributed by atoms with Gasteiger partial charge in [-0.05, 0) is 53.3 Å². The lowest BCUT2D eigenvalue weighted by Crippen LogP contribution is -2.45. The van der Waals surface area contributed by atoms with E-state index < -0.39 is 29.7 Å². The number of halogens is 3. The van der Waals surface area contributed by atoms with Gasteiger partial charge in [0.1, 0.15) is 11.4 Å². The summed E-state index contributed by atoms with van der Waals surface area (Å²) in [6, 6.07) is 23.6. The number of rotatable bonds is 7. The van der Waals surface area contributed by atoms with Crippen molar-refractivity contribution in [1.29, 1.82) is 5.26 Å². The number of hydrogen-bond acceptors (Lipinski definition) is 4. The van der Waals surface area contributed by atoms with Crippen molar-refractivity contribution < 1.29 is 18.0 Å². The van der Waals surface area contributed by atoms with Crippen LogP contribution >= 0.6 is 0 Å². The van der Waals surface area contributed by atoms with E-state index in [0.29, 0.717) is 24.0 Å². The lowest BCUT2D eigenvalue weighted by molar-refractivity contribution is -0.173. The van der Waals surface area contributed by atoms with E-state index in [9.17, 15) is 18.0 Å². The summed E-state index contributed by atoms with van der Waals surface area (Å²) in [6.45, 7) is 3.93. The van der Waals surface area contributed by atoms with Crippen LogP contribution in [0.1, 0.15) is 72.2 Å². The largest absolute Gasteiger partial charge is 0.410 e. The maximum absolute atomic E-state index is 14.1. The number of nitriles is 1. The number of benzene rings is 3. The molecule has 41 heavy (non-hydrogen) atoms. The third kappa shape index (κ3) is 5.42. The Morgan fingerprint density at radius 3 is 2.37 bits per heavy atom. The molecule has 1 amide bonds. The molecule has 3 aromatic carbocycles. The zero-order valence-corrected chi connectivity index (χ0v) is 22.7. The van der Waals surface area contributed by atoms with Crippen molar-refractivity contribution in [2.75, 3.05) is 5.32 Å². The fourth-order valence-electron chi connectivity index (χ4n) is 5.56. The molecule has 5 rings (SSSR count). The van der Waals surface area contributed by atoms with E-state index in [0.717, 1.165) is 21.4 Å². The first-order valence-electron chi connectivity index (χ1n) is 13.6. The highest BCUT2D eigenvalue weighted by Gasteiger charge is 2.47. The van der Waals surface area contributed by atoms with Gasteiger partial charge in [-0.3, -0.25) is 4.79 Å². The molecular weight excluding hydrogens is 527 g/mol. The molecule has 1 aromatic heterocycles. The van der Waals surface area contributed by atoms with E-state index in [1.807, 2.05) is 56.3 Å². The van der Waals surface area contributed by atoms with E-state index >= 15 is 0 Å². The predicted molar refractivity (Wildman–Crippen MR) is 151 cm³/mol. The average molecular weight is 558 g/mol. The number of nitrogens with zero attached hydrogens (tertiary/aromatic N) is 3. The molecule has 1 aliphatic heterocycles. The SMILES string of the molecule is CCC(CC)(NC(=O)c1cnn2c1NC(c1ccccc1)CC2C(F)(F)F)c1cccc(-c2ccc(C#N)cc2)c1. The molecule has 4 aromatic rings. The third-order valence-corrected chi connectivity index (χ3v) is 8.01. The van der Waals surface area contributed by atoms with Crippen molar-refractivity contribution in [2.24, 2.45) is 0 Å². The Kier molecular flexibility index (Phi) is 7.59. The van der Waals surface area contributed by atoms with Gasteiger partial charge in [-0.2, -0.15) is 23.5 Å². The second-order valence-electron chi connectivity index (χ2n) is 10.3. The molecule has 0 fully saturated rings. The first-order chi connectivity index (χ1) is 19.7. The highest BCUT2D eigenvalue weighted by atomic mass is 19.4. The van der Waals surface area contributed by atoms with Gasteiger partial charge < -0.3 is 10.6 Å². The fourth-order valence-corrected chi connectivity index (χ4v) is 5.56. The molecule has 2 unspecified atom stereocenters. The molecular formula is C32H30F3N5O. The van der Waals surface area contributed by atoms with Crippen LogP contribution in [-0.2, 0) is 5.54 Å². The van der Waals surface area contributed by atoms with E-state index in [1.165, 1.54) is 6.20 Å². The summed E-state index contributed by atoms with van der Waals surface area (Å²) in [7, 11) is 0. The van der Waals surface area contributed by atoms with Gasteiger partial charge in [0, 0.05) is 6.42 Å². The summed E-state index contributed by atoms with van der Waals surface area (Å²) in [4.78, 5) is 13.8. The average Bonchev–Trinajstić information content (AvgIpc) is 3.43. The summed E-state index contributed by atoms with van der Waals surface area (Å²) >= 11 is 0. The van der Waals surface area contributed by atoms with Crippen molar-refractivity contribution in [3.05, 3.63) is 107 Å². The number of fused-ring (bicyclic) bond motifs is 1. The quantitative estimate of drug-likeness (QED) is 0.246. The number of carbonyl (C=O) groups is 1. The zero-order chi connectivity index (χ0) is 29.2. The monoisotopic (exact) mass is 557 g/mol. The zero-order valence-electron chi connectivity index (χ0n) is 22.7. The van der Waals surface area contributed by atoms with Crippen molar-refractivity contribution >= 4 is 11.7 Å². The summed E-state index contributed by atoms with van der Waals surface area (Å²) < 4.78 is 43.3.